The molecule has 0 aromatic carbocycles. The zero-order valence-corrected chi connectivity index (χ0v) is 8.46. The summed E-state index contributed by atoms with van der Waals surface area (Å²) in [6, 6.07) is 0.0688. The Kier molecular flexibility index (Phi) is 2.61. The van der Waals surface area contributed by atoms with Crippen molar-refractivity contribution >= 4 is 17.6 Å². The number of hydrogen-bond acceptors (Lipinski definition) is 2. The molecule has 0 saturated carbocycles. The molecular weight excluding hydrogens is 192 g/mol. The van der Waals surface area contributed by atoms with E-state index in [4.69, 9.17) is 16.7 Å². The van der Waals surface area contributed by atoms with Crippen LogP contribution in [0, 0.1) is 6.92 Å². The van der Waals surface area contributed by atoms with Gasteiger partial charge >= 0.3 is 5.97 Å². The molecule has 1 N–H and O–H groups in total. The van der Waals surface area contributed by atoms with Gasteiger partial charge in [-0.2, -0.15) is 5.10 Å². The van der Waals surface area contributed by atoms with E-state index in [0.29, 0.717) is 5.69 Å². The van der Waals surface area contributed by atoms with E-state index in [2.05, 4.69) is 5.10 Å². The summed E-state index contributed by atoms with van der Waals surface area (Å²) in [4.78, 5) is 10.7. The van der Waals surface area contributed by atoms with Gasteiger partial charge in [0.2, 0.25) is 0 Å². The van der Waals surface area contributed by atoms with Crippen molar-refractivity contribution in [2.24, 2.45) is 0 Å². The molecule has 0 saturated heterocycles. The zero-order chi connectivity index (χ0) is 10.2. The number of aromatic carboxylic acids is 1. The molecule has 1 rings (SSSR count). The molecule has 0 amide bonds. The number of hydrogen-bond donors (Lipinski definition) is 1. The summed E-state index contributed by atoms with van der Waals surface area (Å²) in [5.74, 6) is -1.03. The lowest BCUT2D eigenvalue weighted by Crippen LogP contribution is -2.03. The Morgan fingerprint density at radius 2 is 2.15 bits per heavy atom. The molecule has 0 atom stereocenters. The van der Waals surface area contributed by atoms with E-state index in [9.17, 15) is 4.79 Å². The Balaban J connectivity index is 3.30. The molecule has 0 aliphatic carbocycles. The maximum Gasteiger partial charge on any atom is 0.340 e. The second kappa shape index (κ2) is 3.38. The van der Waals surface area contributed by atoms with Gasteiger partial charge in [-0.3, -0.25) is 4.68 Å². The highest BCUT2D eigenvalue weighted by Gasteiger charge is 2.20. The molecular formula is C8H11ClN2O2. The van der Waals surface area contributed by atoms with Crippen molar-refractivity contribution in [3.05, 3.63) is 16.4 Å². The topological polar surface area (TPSA) is 55.1 Å². The SMILES string of the molecule is Cc1nn(C(C)C)c(Cl)c1C(=O)O. The number of carboxylic acid groups (broad SMARTS) is 1. The summed E-state index contributed by atoms with van der Waals surface area (Å²) in [6.07, 6.45) is 0. The van der Waals surface area contributed by atoms with Gasteiger partial charge in [0.05, 0.1) is 5.69 Å². The Hall–Kier alpha value is -1.03. The average molecular weight is 203 g/mol. The Morgan fingerprint density at radius 3 is 2.38 bits per heavy atom. The fourth-order valence-electron chi connectivity index (χ4n) is 1.10. The van der Waals surface area contributed by atoms with Crippen LogP contribution in [0.15, 0.2) is 0 Å². The summed E-state index contributed by atoms with van der Waals surface area (Å²) >= 11 is 5.84. The minimum atomic E-state index is -1.03. The first-order valence-corrected chi connectivity index (χ1v) is 4.30. The molecule has 1 aromatic rings. The fraction of sp³-hybridized carbons (Fsp3) is 0.500. The number of aryl methyl sites for hydroxylation is 1. The van der Waals surface area contributed by atoms with E-state index < -0.39 is 5.97 Å². The average Bonchev–Trinajstić information content (AvgIpc) is 2.26. The molecule has 1 aromatic heterocycles. The number of aromatic nitrogens is 2. The van der Waals surface area contributed by atoms with Crippen LogP contribution in [-0.2, 0) is 0 Å². The third-order valence-electron chi connectivity index (χ3n) is 1.73. The lowest BCUT2D eigenvalue weighted by molar-refractivity contribution is 0.0696. The molecule has 4 nitrogen and oxygen atoms in total. The highest BCUT2D eigenvalue weighted by Crippen LogP contribution is 2.22. The molecule has 0 fully saturated rings. The fourth-order valence-corrected chi connectivity index (χ4v) is 1.56. The molecule has 0 spiro atoms. The van der Waals surface area contributed by atoms with Crippen LogP contribution in [0.25, 0.3) is 0 Å². The van der Waals surface area contributed by atoms with E-state index in [1.54, 1.807) is 6.92 Å². The Bertz CT molecular complexity index is 344. The highest BCUT2D eigenvalue weighted by atomic mass is 35.5. The van der Waals surface area contributed by atoms with Crippen molar-refractivity contribution in [3.63, 3.8) is 0 Å². The molecule has 1 heterocycles. The second-order valence-electron chi connectivity index (χ2n) is 3.09. The molecule has 0 radical (unpaired) electrons. The van der Waals surface area contributed by atoms with E-state index in [0.717, 1.165) is 0 Å². The van der Waals surface area contributed by atoms with E-state index in [1.165, 1.54) is 4.68 Å². The quantitative estimate of drug-likeness (QED) is 0.799. The monoisotopic (exact) mass is 202 g/mol. The van der Waals surface area contributed by atoms with Crippen LogP contribution in [0.5, 0.6) is 0 Å². The summed E-state index contributed by atoms with van der Waals surface area (Å²) in [5, 5.41) is 13.0. The summed E-state index contributed by atoms with van der Waals surface area (Å²) in [7, 11) is 0. The van der Waals surface area contributed by atoms with Crippen molar-refractivity contribution in [2.75, 3.05) is 0 Å². The lowest BCUT2D eigenvalue weighted by atomic mass is 10.3. The predicted octanol–water partition coefficient (Wildman–Crippen LogP) is 2.12. The van der Waals surface area contributed by atoms with Crippen molar-refractivity contribution < 1.29 is 9.90 Å². The molecule has 0 bridgehead atoms. The maximum absolute atomic E-state index is 10.7. The van der Waals surface area contributed by atoms with E-state index in [-0.39, 0.29) is 16.8 Å². The van der Waals surface area contributed by atoms with Gasteiger partial charge in [-0.25, -0.2) is 4.79 Å². The first-order valence-electron chi connectivity index (χ1n) is 3.93. The summed E-state index contributed by atoms with van der Waals surface area (Å²) < 4.78 is 1.50. The first kappa shape index (κ1) is 10.1. The van der Waals surface area contributed by atoms with Crippen molar-refractivity contribution in [3.8, 4) is 0 Å². The van der Waals surface area contributed by atoms with Crippen molar-refractivity contribution in [1.29, 1.82) is 0 Å². The van der Waals surface area contributed by atoms with Crippen LogP contribution in [-0.4, -0.2) is 20.9 Å². The standard InChI is InChI=1S/C8H11ClN2O2/c1-4(2)11-7(9)6(8(12)13)5(3)10-11/h4H,1-3H3,(H,12,13). The first-order chi connectivity index (χ1) is 5.95. The van der Waals surface area contributed by atoms with Crippen LogP contribution < -0.4 is 0 Å². The molecule has 0 unspecified atom stereocenters. The Morgan fingerprint density at radius 1 is 1.62 bits per heavy atom. The predicted molar refractivity (Wildman–Crippen MR) is 49.3 cm³/mol. The molecule has 13 heavy (non-hydrogen) atoms. The smallest absolute Gasteiger partial charge is 0.340 e. The van der Waals surface area contributed by atoms with Gasteiger partial charge in [0.1, 0.15) is 10.7 Å². The van der Waals surface area contributed by atoms with Crippen molar-refractivity contribution in [2.45, 2.75) is 26.8 Å². The van der Waals surface area contributed by atoms with Gasteiger partial charge in [0, 0.05) is 6.04 Å². The number of nitrogens with zero attached hydrogens (tertiary/aromatic N) is 2. The number of halogens is 1. The van der Waals surface area contributed by atoms with Gasteiger partial charge in [-0.1, -0.05) is 11.6 Å². The molecule has 72 valence electrons. The van der Waals surface area contributed by atoms with E-state index in [1.807, 2.05) is 13.8 Å². The largest absolute Gasteiger partial charge is 0.478 e. The van der Waals surface area contributed by atoms with Crippen LogP contribution >= 0.6 is 11.6 Å². The maximum atomic E-state index is 10.7. The number of carboxylic acids is 1. The third-order valence-corrected chi connectivity index (χ3v) is 2.09. The third kappa shape index (κ3) is 1.67. The normalized spacial score (nSPS) is 10.8. The van der Waals surface area contributed by atoms with Crippen LogP contribution in [0.4, 0.5) is 0 Å². The minimum absolute atomic E-state index is 0.0688. The number of carbonyl (C=O) groups is 1. The molecule has 0 aliphatic heterocycles. The van der Waals surface area contributed by atoms with Crippen molar-refractivity contribution in [1.82, 2.24) is 9.78 Å². The second-order valence-corrected chi connectivity index (χ2v) is 3.45. The van der Waals surface area contributed by atoms with Gasteiger partial charge in [-0.05, 0) is 20.8 Å². The molecule has 5 heteroatoms. The molecule has 0 aliphatic rings. The summed E-state index contributed by atoms with van der Waals surface area (Å²) in [5.41, 5.74) is 0.543. The van der Waals surface area contributed by atoms with Crippen LogP contribution in [0.3, 0.4) is 0 Å². The Labute approximate surface area is 81.1 Å². The minimum Gasteiger partial charge on any atom is -0.478 e. The highest BCUT2D eigenvalue weighted by molar-refractivity contribution is 6.32. The van der Waals surface area contributed by atoms with Gasteiger partial charge in [-0.15, -0.1) is 0 Å². The van der Waals surface area contributed by atoms with Gasteiger partial charge < -0.3 is 5.11 Å². The zero-order valence-electron chi connectivity index (χ0n) is 7.71. The van der Waals surface area contributed by atoms with Crippen LogP contribution in [0.2, 0.25) is 5.15 Å². The van der Waals surface area contributed by atoms with Gasteiger partial charge in [0.25, 0.3) is 0 Å². The van der Waals surface area contributed by atoms with Crippen LogP contribution in [0.1, 0.15) is 35.9 Å². The summed E-state index contributed by atoms with van der Waals surface area (Å²) in [6.45, 7) is 5.42. The van der Waals surface area contributed by atoms with E-state index >= 15 is 0 Å². The lowest BCUT2D eigenvalue weighted by Gasteiger charge is -2.05. The number of rotatable bonds is 2. The van der Waals surface area contributed by atoms with Gasteiger partial charge in [0.15, 0.2) is 0 Å².